The van der Waals surface area contributed by atoms with Gasteiger partial charge >= 0.3 is 12.2 Å². The Morgan fingerprint density at radius 1 is 1.19 bits per heavy atom. The van der Waals surface area contributed by atoms with Crippen LogP contribution in [0.25, 0.3) is 22.5 Å². The Morgan fingerprint density at radius 2 is 1.96 bits per heavy atom. The number of hydrogen-bond donors (Lipinski definition) is 1. The zero-order valence-corrected chi connectivity index (χ0v) is 15.1. The average Bonchev–Trinajstić information content (AvgIpc) is 3.09. The summed E-state index contributed by atoms with van der Waals surface area (Å²) in [5.41, 5.74) is -0.274. The molecule has 9 heteroatoms. The summed E-state index contributed by atoms with van der Waals surface area (Å²) in [7, 11) is 1.32. The van der Waals surface area contributed by atoms with Crippen LogP contribution in [0.15, 0.2) is 22.6 Å². The summed E-state index contributed by atoms with van der Waals surface area (Å²) < 4.78 is 51.1. The molecule has 0 aliphatic heterocycles. The van der Waals surface area contributed by atoms with Crippen LogP contribution in [0.3, 0.4) is 0 Å². The van der Waals surface area contributed by atoms with Crippen molar-refractivity contribution in [3.05, 3.63) is 29.3 Å². The van der Waals surface area contributed by atoms with Crippen molar-refractivity contribution in [3.63, 3.8) is 0 Å². The van der Waals surface area contributed by atoms with Gasteiger partial charge in [-0.1, -0.05) is 18.4 Å². The fourth-order valence-electron chi connectivity index (χ4n) is 2.68. The molecule has 0 unspecified atom stereocenters. The summed E-state index contributed by atoms with van der Waals surface area (Å²) in [6, 6.07) is 4.29. The number of nitrogens with zero attached hydrogens (tertiary/aromatic N) is 3. The predicted octanol–water partition coefficient (Wildman–Crippen LogP) is 4.83. The maximum absolute atomic E-state index is 13.5. The van der Waals surface area contributed by atoms with Gasteiger partial charge in [0.25, 0.3) is 5.89 Å². The van der Waals surface area contributed by atoms with Crippen molar-refractivity contribution >= 4 is 16.9 Å². The molecule has 0 spiro atoms. The highest BCUT2D eigenvalue weighted by Gasteiger charge is 2.34. The number of ether oxygens (including phenoxy) is 1. The topological polar surface area (TPSA) is 73.1 Å². The minimum absolute atomic E-state index is 0.0583. The molecular weight excluding hydrogens is 361 g/mol. The summed E-state index contributed by atoms with van der Waals surface area (Å²) in [6.45, 7) is 4.42. The second-order valence-corrected chi connectivity index (χ2v) is 6.09. The van der Waals surface area contributed by atoms with Crippen LogP contribution in [0.4, 0.5) is 19.2 Å². The number of aryl methyl sites for hydroxylation is 1. The number of alkyl halides is 3. The Bertz CT molecular complexity index is 954. The van der Waals surface area contributed by atoms with Crippen LogP contribution in [-0.2, 0) is 6.18 Å². The van der Waals surface area contributed by atoms with Crippen LogP contribution < -0.4 is 10.1 Å². The van der Waals surface area contributed by atoms with Crippen molar-refractivity contribution in [3.8, 4) is 17.3 Å². The summed E-state index contributed by atoms with van der Waals surface area (Å²) >= 11 is 0. The zero-order valence-electron chi connectivity index (χ0n) is 15.1. The Labute approximate surface area is 153 Å². The number of unbranched alkanes of at least 4 members (excludes halogenated alkanes) is 1. The highest BCUT2D eigenvalue weighted by atomic mass is 19.4. The van der Waals surface area contributed by atoms with E-state index in [1.807, 2.05) is 0 Å². The standard InChI is InChI=1S/C18H19F3N4O2/c1-4-5-6-22-17-25-24-16(27-17)14-7-10(2)12-8-11(26-3)9-13(15(12)23-14)18(19,20)21/h7-9H,4-6H2,1-3H3,(H,22,25). The molecule has 0 radical (unpaired) electrons. The van der Waals surface area contributed by atoms with Gasteiger partial charge in [-0.2, -0.15) is 13.2 Å². The molecule has 3 rings (SSSR count). The van der Waals surface area contributed by atoms with E-state index in [0.29, 0.717) is 17.5 Å². The number of methoxy groups -OCH3 is 1. The van der Waals surface area contributed by atoms with E-state index in [1.54, 1.807) is 13.0 Å². The van der Waals surface area contributed by atoms with Crippen LogP contribution in [0.5, 0.6) is 5.75 Å². The Balaban J connectivity index is 2.08. The summed E-state index contributed by atoms with van der Waals surface area (Å²) in [5.74, 6) is 0.176. The molecule has 0 bridgehead atoms. The second-order valence-electron chi connectivity index (χ2n) is 6.09. The van der Waals surface area contributed by atoms with Crippen molar-refractivity contribution in [2.24, 2.45) is 0 Å². The third-order valence-electron chi connectivity index (χ3n) is 4.09. The second kappa shape index (κ2) is 7.42. The number of pyridine rings is 1. The molecule has 0 aliphatic carbocycles. The SMILES string of the molecule is CCCCNc1nnc(-c2cc(C)c3cc(OC)cc(C(F)(F)F)c3n2)o1. The summed E-state index contributed by atoms with van der Waals surface area (Å²) in [5, 5.41) is 11.1. The molecule has 6 nitrogen and oxygen atoms in total. The number of nitrogens with one attached hydrogen (secondary N) is 1. The lowest BCUT2D eigenvalue weighted by molar-refractivity contribution is -0.136. The fraction of sp³-hybridized carbons (Fsp3) is 0.389. The van der Waals surface area contributed by atoms with E-state index in [-0.39, 0.29) is 28.9 Å². The molecule has 0 atom stereocenters. The highest BCUT2D eigenvalue weighted by molar-refractivity contribution is 5.88. The lowest BCUT2D eigenvalue weighted by Crippen LogP contribution is -2.08. The monoisotopic (exact) mass is 380 g/mol. The van der Waals surface area contributed by atoms with E-state index in [0.717, 1.165) is 18.9 Å². The van der Waals surface area contributed by atoms with Gasteiger partial charge in [0.05, 0.1) is 18.2 Å². The van der Waals surface area contributed by atoms with Crippen molar-refractivity contribution in [2.45, 2.75) is 32.9 Å². The van der Waals surface area contributed by atoms with Gasteiger partial charge in [-0.05, 0) is 37.1 Å². The van der Waals surface area contributed by atoms with Crippen LogP contribution in [-0.4, -0.2) is 28.8 Å². The first-order valence-electron chi connectivity index (χ1n) is 8.47. The number of benzene rings is 1. The van der Waals surface area contributed by atoms with E-state index >= 15 is 0 Å². The van der Waals surface area contributed by atoms with Gasteiger partial charge in [-0.3, -0.25) is 0 Å². The summed E-state index contributed by atoms with van der Waals surface area (Å²) in [6.07, 6.45) is -2.64. The normalized spacial score (nSPS) is 11.8. The molecule has 0 saturated carbocycles. The van der Waals surface area contributed by atoms with Crippen LogP contribution >= 0.6 is 0 Å². The molecule has 144 valence electrons. The number of fused-ring (bicyclic) bond motifs is 1. The number of rotatable bonds is 6. The summed E-state index contributed by atoms with van der Waals surface area (Å²) in [4.78, 5) is 4.16. The third-order valence-corrected chi connectivity index (χ3v) is 4.09. The Kier molecular flexibility index (Phi) is 5.20. The highest BCUT2D eigenvalue weighted by Crippen LogP contribution is 2.38. The molecule has 0 aliphatic rings. The molecular formula is C18H19F3N4O2. The van der Waals surface area contributed by atoms with Gasteiger partial charge < -0.3 is 14.5 Å². The quantitative estimate of drug-likeness (QED) is 0.618. The molecule has 2 aromatic heterocycles. The van der Waals surface area contributed by atoms with Crippen LogP contribution in [0.1, 0.15) is 30.9 Å². The maximum Gasteiger partial charge on any atom is 0.418 e. The van der Waals surface area contributed by atoms with E-state index in [4.69, 9.17) is 9.15 Å². The van der Waals surface area contributed by atoms with Gasteiger partial charge in [0, 0.05) is 11.9 Å². The van der Waals surface area contributed by atoms with E-state index in [1.165, 1.54) is 13.2 Å². The van der Waals surface area contributed by atoms with Crippen LogP contribution in [0, 0.1) is 6.92 Å². The lowest BCUT2D eigenvalue weighted by atomic mass is 10.0. The van der Waals surface area contributed by atoms with Gasteiger partial charge in [0.2, 0.25) is 0 Å². The van der Waals surface area contributed by atoms with Crippen molar-refractivity contribution in [1.29, 1.82) is 0 Å². The Hall–Kier alpha value is -2.84. The first kappa shape index (κ1) is 18.9. The Morgan fingerprint density at radius 3 is 2.63 bits per heavy atom. The molecule has 0 fully saturated rings. The minimum Gasteiger partial charge on any atom is -0.497 e. The first-order chi connectivity index (χ1) is 12.8. The third kappa shape index (κ3) is 3.96. The molecule has 27 heavy (non-hydrogen) atoms. The number of aromatic nitrogens is 3. The molecule has 1 aromatic carbocycles. The van der Waals surface area contributed by atoms with Crippen molar-refractivity contribution in [2.75, 3.05) is 19.0 Å². The number of hydrogen-bond acceptors (Lipinski definition) is 6. The molecule has 1 N–H and O–H groups in total. The van der Waals surface area contributed by atoms with Crippen molar-refractivity contribution in [1.82, 2.24) is 15.2 Å². The average molecular weight is 380 g/mol. The van der Waals surface area contributed by atoms with Gasteiger partial charge in [0.15, 0.2) is 0 Å². The molecule has 0 saturated heterocycles. The van der Waals surface area contributed by atoms with E-state index in [2.05, 4.69) is 27.4 Å². The minimum atomic E-state index is -4.58. The number of anilines is 1. The number of halogens is 3. The zero-order chi connectivity index (χ0) is 19.6. The fourth-order valence-corrected chi connectivity index (χ4v) is 2.68. The van der Waals surface area contributed by atoms with E-state index < -0.39 is 11.7 Å². The smallest absolute Gasteiger partial charge is 0.418 e. The molecule has 3 aromatic rings. The van der Waals surface area contributed by atoms with Crippen molar-refractivity contribution < 1.29 is 22.3 Å². The van der Waals surface area contributed by atoms with Gasteiger partial charge in [-0.15, -0.1) is 5.10 Å². The lowest BCUT2D eigenvalue weighted by Gasteiger charge is -2.14. The van der Waals surface area contributed by atoms with E-state index in [9.17, 15) is 13.2 Å². The first-order valence-corrected chi connectivity index (χ1v) is 8.47. The molecule has 0 amide bonds. The van der Waals surface area contributed by atoms with Crippen LogP contribution in [0.2, 0.25) is 0 Å². The largest absolute Gasteiger partial charge is 0.497 e. The van der Waals surface area contributed by atoms with Gasteiger partial charge in [-0.25, -0.2) is 4.98 Å². The predicted molar refractivity (Wildman–Crippen MR) is 94.7 cm³/mol. The maximum atomic E-state index is 13.5. The van der Waals surface area contributed by atoms with Gasteiger partial charge in [0.1, 0.15) is 11.4 Å². The molecule has 2 heterocycles.